The quantitative estimate of drug-likeness (QED) is 0.664. The summed E-state index contributed by atoms with van der Waals surface area (Å²) in [6, 6.07) is 4.96. The van der Waals surface area contributed by atoms with Gasteiger partial charge in [0.1, 0.15) is 0 Å². The zero-order chi connectivity index (χ0) is 15.4. The molecule has 1 aromatic rings. The molecule has 1 N–H and O–H groups in total. The highest BCUT2D eigenvalue weighted by molar-refractivity contribution is 9.10. The number of hydrogen-bond donors (Lipinski definition) is 1. The van der Waals surface area contributed by atoms with E-state index in [1.54, 1.807) is 19.2 Å². The first-order valence-electron chi connectivity index (χ1n) is 6.91. The molecule has 21 heavy (non-hydrogen) atoms. The Labute approximate surface area is 131 Å². The molecule has 2 rings (SSSR count). The highest BCUT2D eigenvalue weighted by atomic mass is 79.9. The SMILES string of the molecule is CNC(=O)C1CCCCN1Cc1ccc(Br)c([N+](=O)[O-])c1. The molecule has 1 heterocycles. The number of piperidine rings is 1. The Morgan fingerprint density at radius 2 is 2.29 bits per heavy atom. The number of nitro groups is 1. The van der Waals surface area contributed by atoms with Crippen LogP contribution in [0.15, 0.2) is 22.7 Å². The van der Waals surface area contributed by atoms with Crippen LogP contribution in [-0.4, -0.2) is 35.4 Å². The summed E-state index contributed by atoms with van der Waals surface area (Å²) in [6.45, 7) is 1.38. The lowest BCUT2D eigenvalue weighted by Crippen LogP contribution is -2.48. The largest absolute Gasteiger partial charge is 0.358 e. The van der Waals surface area contributed by atoms with Gasteiger partial charge in [0, 0.05) is 19.7 Å². The molecular formula is C14H18BrN3O3. The molecule has 0 spiro atoms. The second-order valence-electron chi connectivity index (χ2n) is 5.14. The summed E-state index contributed by atoms with van der Waals surface area (Å²) >= 11 is 3.18. The van der Waals surface area contributed by atoms with Crippen LogP contribution in [0.2, 0.25) is 0 Å². The Morgan fingerprint density at radius 3 is 2.95 bits per heavy atom. The lowest BCUT2D eigenvalue weighted by atomic mass is 10.0. The van der Waals surface area contributed by atoms with Crippen molar-refractivity contribution >= 4 is 27.5 Å². The summed E-state index contributed by atoms with van der Waals surface area (Å²) in [5.74, 6) is 0.0151. The first-order chi connectivity index (χ1) is 10.0. The third-order valence-corrected chi connectivity index (χ3v) is 4.43. The van der Waals surface area contributed by atoms with Crippen molar-refractivity contribution < 1.29 is 9.72 Å². The maximum absolute atomic E-state index is 11.9. The number of nitro benzene ring substituents is 1. The van der Waals surface area contributed by atoms with E-state index in [4.69, 9.17) is 0 Å². The van der Waals surface area contributed by atoms with Crippen molar-refractivity contribution in [1.82, 2.24) is 10.2 Å². The summed E-state index contributed by atoms with van der Waals surface area (Å²) in [5, 5.41) is 13.7. The Bertz CT molecular complexity index is 550. The number of carbonyl (C=O) groups excluding carboxylic acids is 1. The number of carbonyl (C=O) groups is 1. The van der Waals surface area contributed by atoms with Gasteiger partial charge in [-0.15, -0.1) is 0 Å². The van der Waals surface area contributed by atoms with Crippen molar-refractivity contribution in [3.8, 4) is 0 Å². The minimum absolute atomic E-state index is 0.0151. The van der Waals surface area contributed by atoms with Crippen LogP contribution in [0.25, 0.3) is 0 Å². The second kappa shape index (κ2) is 7.00. The van der Waals surface area contributed by atoms with E-state index in [1.807, 2.05) is 6.07 Å². The number of nitrogens with one attached hydrogen (secondary N) is 1. The van der Waals surface area contributed by atoms with Gasteiger partial charge in [0.05, 0.1) is 15.4 Å². The molecule has 6 nitrogen and oxygen atoms in total. The number of nitrogens with zero attached hydrogens (tertiary/aromatic N) is 2. The van der Waals surface area contributed by atoms with E-state index in [-0.39, 0.29) is 17.6 Å². The second-order valence-corrected chi connectivity index (χ2v) is 5.99. The molecule has 1 aromatic carbocycles. The fraction of sp³-hybridized carbons (Fsp3) is 0.500. The molecule has 0 radical (unpaired) electrons. The first-order valence-corrected chi connectivity index (χ1v) is 7.70. The van der Waals surface area contributed by atoms with Gasteiger partial charge in [0.15, 0.2) is 0 Å². The van der Waals surface area contributed by atoms with Crippen molar-refractivity contribution in [3.05, 3.63) is 38.3 Å². The van der Waals surface area contributed by atoms with Gasteiger partial charge < -0.3 is 5.32 Å². The van der Waals surface area contributed by atoms with Gasteiger partial charge in [-0.25, -0.2) is 0 Å². The molecule has 1 saturated heterocycles. The van der Waals surface area contributed by atoms with Crippen molar-refractivity contribution in [2.24, 2.45) is 0 Å². The monoisotopic (exact) mass is 355 g/mol. The topological polar surface area (TPSA) is 75.5 Å². The van der Waals surface area contributed by atoms with Gasteiger partial charge in [-0.05, 0) is 46.9 Å². The van der Waals surface area contributed by atoms with E-state index < -0.39 is 4.92 Å². The first kappa shape index (κ1) is 15.9. The number of rotatable bonds is 4. The minimum atomic E-state index is -0.403. The molecular weight excluding hydrogens is 338 g/mol. The van der Waals surface area contributed by atoms with Gasteiger partial charge in [-0.2, -0.15) is 0 Å². The Morgan fingerprint density at radius 1 is 1.52 bits per heavy atom. The Balaban J connectivity index is 2.17. The highest BCUT2D eigenvalue weighted by Gasteiger charge is 2.28. The molecule has 0 saturated carbocycles. The minimum Gasteiger partial charge on any atom is -0.358 e. The fourth-order valence-corrected chi connectivity index (χ4v) is 3.07. The zero-order valence-corrected chi connectivity index (χ0v) is 13.4. The summed E-state index contributed by atoms with van der Waals surface area (Å²) in [7, 11) is 1.64. The van der Waals surface area contributed by atoms with Gasteiger partial charge in [0.25, 0.3) is 5.69 Å². The number of halogens is 1. The van der Waals surface area contributed by atoms with Crippen molar-refractivity contribution in [2.75, 3.05) is 13.6 Å². The van der Waals surface area contributed by atoms with E-state index in [0.29, 0.717) is 11.0 Å². The number of amides is 1. The Kier molecular flexibility index (Phi) is 5.30. The molecule has 7 heteroatoms. The lowest BCUT2D eigenvalue weighted by molar-refractivity contribution is -0.385. The van der Waals surface area contributed by atoms with E-state index in [1.165, 1.54) is 0 Å². The number of likely N-dealkylation sites (tertiary alicyclic amines) is 1. The van der Waals surface area contributed by atoms with E-state index in [0.717, 1.165) is 31.4 Å². The fourth-order valence-electron chi connectivity index (χ4n) is 2.67. The molecule has 1 aliphatic rings. The molecule has 1 atom stereocenters. The van der Waals surface area contributed by atoms with Crippen LogP contribution in [0.3, 0.4) is 0 Å². The molecule has 0 aliphatic carbocycles. The zero-order valence-electron chi connectivity index (χ0n) is 11.8. The molecule has 1 fully saturated rings. The van der Waals surface area contributed by atoms with Crippen LogP contribution in [-0.2, 0) is 11.3 Å². The van der Waals surface area contributed by atoms with Gasteiger partial charge >= 0.3 is 0 Å². The van der Waals surface area contributed by atoms with E-state index >= 15 is 0 Å². The van der Waals surface area contributed by atoms with Crippen molar-refractivity contribution in [2.45, 2.75) is 31.8 Å². The van der Waals surface area contributed by atoms with E-state index in [2.05, 4.69) is 26.1 Å². The standard InChI is InChI=1S/C14H18BrN3O3/c1-16-14(19)12-4-2-3-7-17(12)9-10-5-6-11(15)13(8-10)18(20)21/h5-6,8,12H,2-4,7,9H2,1H3,(H,16,19). The van der Waals surface area contributed by atoms with Crippen LogP contribution >= 0.6 is 15.9 Å². The van der Waals surface area contributed by atoms with Gasteiger partial charge in [0.2, 0.25) is 5.91 Å². The molecule has 1 aliphatic heterocycles. The molecule has 1 unspecified atom stereocenters. The van der Waals surface area contributed by atoms with Crippen LogP contribution in [0, 0.1) is 10.1 Å². The summed E-state index contributed by atoms with van der Waals surface area (Å²) < 4.78 is 0.470. The summed E-state index contributed by atoms with van der Waals surface area (Å²) in [5.41, 5.74) is 0.904. The summed E-state index contributed by atoms with van der Waals surface area (Å²) in [4.78, 5) is 24.6. The maximum atomic E-state index is 11.9. The number of likely N-dealkylation sites (N-methyl/N-ethyl adjacent to an activating group) is 1. The van der Waals surface area contributed by atoms with Gasteiger partial charge in [-0.3, -0.25) is 19.8 Å². The predicted molar refractivity (Wildman–Crippen MR) is 82.9 cm³/mol. The van der Waals surface area contributed by atoms with Gasteiger partial charge in [-0.1, -0.05) is 12.5 Å². The summed E-state index contributed by atoms with van der Waals surface area (Å²) in [6.07, 6.45) is 2.92. The van der Waals surface area contributed by atoms with E-state index in [9.17, 15) is 14.9 Å². The smallest absolute Gasteiger partial charge is 0.283 e. The molecule has 0 aromatic heterocycles. The van der Waals surface area contributed by atoms with Crippen LogP contribution in [0.1, 0.15) is 24.8 Å². The Hall–Kier alpha value is -1.47. The van der Waals surface area contributed by atoms with Crippen molar-refractivity contribution in [3.63, 3.8) is 0 Å². The van der Waals surface area contributed by atoms with Crippen LogP contribution in [0.4, 0.5) is 5.69 Å². The average Bonchev–Trinajstić information content (AvgIpc) is 2.48. The molecule has 0 bridgehead atoms. The average molecular weight is 356 g/mol. The third kappa shape index (κ3) is 3.79. The molecule has 1 amide bonds. The maximum Gasteiger partial charge on any atom is 0.283 e. The lowest BCUT2D eigenvalue weighted by Gasteiger charge is -2.34. The highest BCUT2D eigenvalue weighted by Crippen LogP contribution is 2.27. The van der Waals surface area contributed by atoms with Crippen LogP contribution < -0.4 is 5.32 Å². The number of benzene rings is 1. The van der Waals surface area contributed by atoms with Crippen molar-refractivity contribution in [1.29, 1.82) is 0 Å². The normalized spacial score (nSPS) is 19.2. The van der Waals surface area contributed by atoms with Crippen LogP contribution in [0.5, 0.6) is 0 Å². The number of hydrogen-bond acceptors (Lipinski definition) is 4. The third-order valence-electron chi connectivity index (χ3n) is 3.76. The predicted octanol–water partition coefficient (Wildman–Crippen LogP) is 2.46. The molecule has 114 valence electrons.